The van der Waals surface area contributed by atoms with Gasteiger partial charge in [-0.1, -0.05) is 158 Å². The van der Waals surface area contributed by atoms with Crippen LogP contribution in [0.4, 0.5) is 22.0 Å². The van der Waals surface area contributed by atoms with Gasteiger partial charge in [0.25, 0.3) is 0 Å². The first kappa shape index (κ1) is 38.4. The smallest absolute Gasteiger partial charge is 0.308 e. The number of alkyl halides is 5. The van der Waals surface area contributed by atoms with Gasteiger partial charge in [0.15, 0.2) is 0 Å². The van der Waals surface area contributed by atoms with Crippen molar-refractivity contribution in [3.05, 3.63) is 216 Å². The molecule has 2 aromatic heterocycles. The molecule has 0 bridgehead atoms. The molecule has 0 radical (unpaired) electrons. The average molecular weight is 854 g/mol. The van der Waals surface area contributed by atoms with E-state index in [0.717, 1.165) is 33.4 Å². The SMILES string of the molecule is N#Cc1c(C(F)(F)F)c(-n2c3ccc(-c4ccccc4)cc3c3ccc(-c4ccccc4)cc32)cc2c1C(F)(F)c1c(-c3ccccc3)ccc3c4cc(-c5ccccc5)ccc4n-2c13. The number of benzene rings is 9. The molecule has 3 nitrogen and oxygen atoms in total. The summed E-state index contributed by atoms with van der Waals surface area (Å²) in [7, 11) is 0. The molecule has 0 saturated carbocycles. The number of fused-ring (bicyclic) bond motifs is 8. The summed E-state index contributed by atoms with van der Waals surface area (Å²) in [6, 6.07) is 60.8. The van der Waals surface area contributed by atoms with Crippen LogP contribution in [0.1, 0.15) is 22.3 Å². The zero-order valence-electron chi connectivity index (χ0n) is 34.2. The third-order valence-electron chi connectivity index (χ3n) is 12.9. The van der Waals surface area contributed by atoms with Crippen molar-refractivity contribution in [2.75, 3.05) is 0 Å². The Kier molecular flexibility index (Phi) is 8.34. The molecule has 12 rings (SSSR count). The molecule has 0 aliphatic carbocycles. The summed E-state index contributed by atoms with van der Waals surface area (Å²) in [6.45, 7) is 0. The molecule has 1 aliphatic heterocycles. The van der Waals surface area contributed by atoms with Gasteiger partial charge in [0.1, 0.15) is 6.07 Å². The standard InChI is InChI=1S/C57H32F5N3/c58-56(59)52-46(33-63)53(57(60,61)62)51(64-47-27-22-38(34-13-5-1-6-14-34)29-44(47)42-24-21-40(31-49(42)64)36-17-9-3-10-18-36)32-50(52)65-48-28-23-39(35-15-7-2-8-16-35)30-45(48)43-26-25-41(54(56)55(43)65)37-19-11-4-12-20-37/h1-32H. The fraction of sp³-hybridized carbons (Fsp3) is 0.0351. The van der Waals surface area contributed by atoms with E-state index in [0.29, 0.717) is 43.7 Å². The van der Waals surface area contributed by atoms with Gasteiger partial charge in [-0.2, -0.15) is 27.2 Å². The van der Waals surface area contributed by atoms with Crippen molar-refractivity contribution in [3.8, 4) is 62.0 Å². The van der Waals surface area contributed by atoms with Crippen molar-refractivity contribution >= 4 is 43.6 Å². The topological polar surface area (TPSA) is 33.6 Å². The number of aromatic nitrogens is 2. The summed E-state index contributed by atoms with van der Waals surface area (Å²) in [5, 5.41) is 13.5. The second kappa shape index (κ2) is 14.1. The van der Waals surface area contributed by atoms with E-state index in [1.54, 1.807) is 53.1 Å². The maximum atomic E-state index is 18.2. The summed E-state index contributed by atoms with van der Waals surface area (Å²) in [6.07, 6.45) is -5.24. The summed E-state index contributed by atoms with van der Waals surface area (Å²) < 4.78 is 88.1. The monoisotopic (exact) mass is 853 g/mol. The summed E-state index contributed by atoms with van der Waals surface area (Å²) in [5.74, 6) is -4.05. The number of halogens is 5. The van der Waals surface area contributed by atoms with Crippen molar-refractivity contribution in [1.29, 1.82) is 5.26 Å². The highest BCUT2D eigenvalue weighted by Gasteiger charge is 2.51. The van der Waals surface area contributed by atoms with Gasteiger partial charge in [0.05, 0.1) is 55.7 Å². The molecule has 0 N–H and O–H groups in total. The molecular weight excluding hydrogens is 822 g/mol. The van der Waals surface area contributed by atoms with Crippen molar-refractivity contribution in [2.45, 2.75) is 12.1 Å². The zero-order valence-corrected chi connectivity index (χ0v) is 34.2. The summed E-state index contributed by atoms with van der Waals surface area (Å²) >= 11 is 0. The van der Waals surface area contributed by atoms with E-state index in [1.165, 1.54) is 10.6 Å². The van der Waals surface area contributed by atoms with Crippen LogP contribution < -0.4 is 0 Å². The largest absolute Gasteiger partial charge is 0.419 e. The predicted octanol–water partition coefficient (Wildman–Crippen LogP) is 15.9. The molecule has 3 heterocycles. The number of nitriles is 1. The summed E-state index contributed by atoms with van der Waals surface area (Å²) in [4.78, 5) is 0. The third-order valence-corrected chi connectivity index (χ3v) is 12.9. The van der Waals surface area contributed by atoms with E-state index >= 15 is 22.0 Å². The van der Waals surface area contributed by atoms with Gasteiger partial charge >= 0.3 is 12.1 Å². The van der Waals surface area contributed by atoms with Gasteiger partial charge < -0.3 is 9.13 Å². The van der Waals surface area contributed by atoms with Gasteiger partial charge in [0.2, 0.25) is 0 Å². The zero-order chi connectivity index (χ0) is 44.2. The Labute approximate surface area is 369 Å². The van der Waals surface area contributed by atoms with Crippen molar-refractivity contribution in [3.63, 3.8) is 0 Å². The lowest BCUT2D eigenvalue weighted by atomic mass is 9.83. The maximum Gasteiger partial charge on any atom is 0.419 e. The van der Waals surface area contributed by atoms with Crippen LogP contribution in [-0.4, -0.2) is 9.13 Å². The van der Waals surface area contributed by atoms with E-state index in [-0.39, 0.29) is 16.8 Å². The molecular formula is C57H32F5N3. The molecule has 11 aromatic rings. The minimum atomic E-state index is -5.24. The van der Waals surface area contributed by atoms with Gasteiger partial charge in [-0.3, -0.25) is 0 Å². The lowest BCUT2D eigenvalue weighted by Gasteiger charge is -2.33. The normalized spacial score (nSPS) is 13.1. The molecule has 0 unspecified atom stereocenters. The first-order valence-electron chi connectivity index (χ1n) is 21.1. The summed E-state index contributed by atoms with van der Waals surface area (Å²) in [5.41, 5.74) is 2.63. The molecule has 0 amide bonds. The van der Waals surface area contributed by atoms with Crippen molar-refractivity contribution in [1.82, 2.24) is 9.13 Å². The lowest BCUT2D eigenvalue weighted by Crippen LogP contribution is -2.29. The van der Waals surface area contributed by atoms with Gasteiger partial charge in [-0.05, 0) is 80.9 Å². The van der Waals surface area contributed by atoms with Crippen molar-refractivity contribution in [2.24, 2.45) is 0 Å². The second-order valence-corrected chi connectivity index (χ2v) is 16.4. The van der Waals surface area contributed by atoms with Gasteiger partial charge in [-0.25, -0.2) is 0 Å². The molecule has 8 heteroatoms. The molecule has 0 saturated heterocycles. The van der Waals surface area contributed by atoms with Gasteiger partial charge in [0, 0.05) is 21.5 Å². The van der Waals surface area contributed by atoms with Crippen LogP contribution in [0.25, 0.3) is 99.5 Å². The van der Waals surface area contributed by atoms with Crippen LogP contribution in [-0.2, 0) is 12.1 Å². The molecule has 65 heavy (non-hydrogen) atoms. The highest BCUT2D eigenvalue weighted by molar-refractivity contribution is 6.15. The van der Waals surface area contributed by atoms with Crippen LogP contribution >= 0.6 is 0 Å². The van der Waals surface area contributed by atoms with Crippen LogP contribution in [0, 0.1) is 11.3 Å². The highest BCUT2D eigenvalue weighted by atomic mass is 19.4. The van der Waals surface area contributed by atoms with Gasteiger partial charge in [-0.15, -0.1) is 0 Å². The number of nitrogens with zero attached hydrogens (tertiary/aromatic N) is 3. The minimum absolute atomic E-state index is 0.160. The molecule has 0 fully saturated rings. The maximum absolute atomic E-state index is 18.2. The predicted molar refractivity (Wildman–Crippen MR) is 250 cm³/mol. The molecule has 0 spiro atoms. The fourth-order valence-corrected chi connectivity index (χ4v) is 10.1. The number of hydrogen-bond donors (Lipinski definition) is 0. The third kappa shape index (κ3) is 5.72. The Morgan fingerprint density at radius 3 is 1.43 bits per heavy atom. The van der Waals surface area contributed by atoms with E-state index in [1.807, 2.05) is 146 Å². The first-order chi connectivity index (χ1) is 31.6. The second-order valence-electron chi connectivity index (χ2n) is 16.4. The molecule has 9 aromatic carbocycles. The molecule has 1 aliphatic rings. The fourth-order valence-electron chi connectivity index (χ4n) is 10.1. The van der Waals surface area contributed by atoms with Crippen molar-refractivity contribution < 1.29 is 22.0 Å². The Morgan fingerprint density at radius 1 is 0.415 bits per heavy atom. The first-order valence-corrected chi connectivity index (χ1v) is 21.1. The molecule has 0 atom stereocenters. The lowest BCUT2D eigenvalue weighted by molar-refractivity contribution is -0.137. The Hall–Kier alpha value is -8.28. The molecule has 310 valence electrons. The highest BCUT2D eigenvalue weighted by Crippen LogP contribution is 2.56. The van der Waals surface area contributed by atoms with E-state index in [4.69, 9.17) is 0 Å². The minimum Gasteiger partial charge on any atom is -0.308 e. The van der Waals surface area contributed by atoms with E-state index < -0.39 is 40.0 Å². The van der Waals surface area contributed by atoms with Crippen LogP contribution in [0.5, 0.6) is 0 Å². The number of hydrogen-bond acceptors (Lipinski definition) is 1. The average Bonchev–Trinajstić information content (AvgIpc) is 3.85. The Bertz CT molecular complexity index is 3770. The number of rotatable bonds is 5. The van der Waals surface area contributed by atoms with E-state index in [9.17, 15) is 5.26 Å². The van der Waals surface area contributed by atoms with E-state index in [2.05, 4.69) is 0 Å². The quantitative estimate of drug-likeness (QED) is 0.159. The Balaban J connectivity index is 1.24. The van der Waals surface area contributed by atoms with Crippen LogP contribution in [0.15, 0.2) is 194 Å². The van der Waals surface area contributed by atoms with Crippen LogP contribution in [0.3, 0.4) is 0 Å². The van der Waals surface area contributed by atoms with Crippen LogP contribution in [0.2, 0.25) is 0 Å². The Morgan fingerprint density at radius 2 is 0.892 bits per heavy atom.